The molecule has 5 nitrogen and oxygen atoms in total. The lowest BCUT2D eigenvalue weighted by Crippen LogP contribution is -2.40. The quantitative estimate of drug-likeness (QED) is 0.848. The highest BCUT2D eigenvalue weighted by molar-refractivity contribution is 5.94. The Balaban J connectivity index is 1.85. The van der Waals surface area contributed by atoms with Crippen molar-refractivity contribution < 1.29 is 4.79 Å². The molecule has 1 aliphatic carbocycles. The Bertz CT molecular complexity index is 680. The van der Waals surface area contributed by atoms with Gasteiger partial charge >= 0.3 is 0 Å². The van der Waals surface area contributed by atoms with E-state index >= 15 is 0 Å². The SMILES string of the molecule is CC(C)CCN(C(=O)c1ccc2nccnc2n1)C1CCCC1. The zero-order chi connectivity index (χ0) is 16.2. The molecule has 0 aromatic carbocycles. The summed E-state index contributed by atoms with van der Waals surface area (Å²) in [6.07, 6.45) is 8.92. The van der Waals surface area contributed by atoms with E-state index in [1.807, 2.05) is 11.0 Å². The average Bonchev–Trinajstić information content (AvgIpc) is 3.08. The van der Waals surface area contributed by atoms with Crippen LogP contribution in [0.25, 0.3) is 11.2 Å². The maximum absolute atomic E-state index is 13.0. The zero-order valence-corrected chi connectivity index (χ0v) is 13.9. The molecule has 2 aromatic rings. The molecule has 0 saturated heterocycles. The topological polar surface area (TPSA) is 59.0 Å². The minimum Gasteiger partial charge on any atom is -0.334 e. The number of nitrogens with zero attached hydrogens (tertiary/aromatic N) is 4. The van der Waals surface area contributed by atoms with Crippen molar-refractivity contribution in [2.24, 2.45) is 5.92 Å². The van der Waals surface area contributed by atoms with E-state index in [1.165, 1.54) is 12.8 Å². The summed E-state index contributed by atoms with van der Waals surface area (Å²) in [5.74, 6) is 0.618. The molecule has 0 bridgehead atoms. The molecule has 1 amide bonds. The molecule has 0 aliphatic heterocycles. The first kappa shape index (κ1) is 15.8. The van der Waals surface area contributed by atoms with Crippen LogP contribution >= 0.6 is 0 Å². The largest absolute Gasteiger partial charge is 0.334 e. The van der Waals surface area contributed by atoms with Gasteiger partial charge in [-0.15, -0.1) is 0 Å². The summed E-state index contributed by atoms with van der Waals surface area (Å²) in [6, 6.07) is 3.97. The van der Waals surface area contributed by atoms with E-state index in [9.17, 15) is 4.79 Å². The minimum absolute atomic E-state index is 0.0325. The minimum atomic E-state index is 0.0325. The fourth-order valence-corrected chi connectivity index (χ4v) is 3.18. The van der Waals surface area contributed by atoms with E-state index in [1.54, 1.807) is 18.5 Å². The molecule has 0 N–H and O–H groups in total. The fraction of sp³-hybridized carbons (Fsp3) is 0.556. The highest BCUT2D eigenvalue weighted by Gasteiger charge is 2.28. The van der Waals surface area contributed by atoms with Crippen LogP contribution in [0.1, 0.15) is 56.4 Å². The van der Waals surface area contributed by atoms with Gasteiger partial charge in [-0.1, -0.05) is 26.7 Å². The molecule has 0 spiro atoms. The number of hydrogen-bond donors (Lipinski definition) is 0. The van der Waals surface area contributed by atoms with Crippen LogP contribution in [-0.2, 0) is 0 Å². The number of carbonyl (C=O) groups excluding carboxylic acids is 1. The normalized spacial score (nSPS) is 15.4. The highest BCUT2D eigenvalue weighted by atomic mass is 16.2. The molecule has 5 heteroatoms. The van der Waals surface area contributed by atoms with Gasteiger partial charge in [0.15, 0.2) is 5.65 Å². The first-order valence-electron chi connectivity index (χ1n) is 8.54. The first-order valence-corrected chi connectivity index (χ1v) is 8.54. The number of aromatic nitrogens is 3. The molecule has 2 heterocycles. The number of hydrogen-bond acceptors (Lipinski definition) is 4. The zero-order valence-electron chi connectivity index (χ0n) is 13.9. The van der Waals surface area contributed by atoms with Crippen LogP contribution in [0, 0.1) is 5.92 Å². The number of fused-ring (bicyclic) bond motifs is 1. The van der Waals surface area contributed by atoms with Crippen LogP contribution in [0.4, 0.5) is 0 Å². The Hall–Kier alpha value is -2.04. The van der Waals surface area contributed by atoms with Gasteiger partial charge in [-0.2, -0.15) is 0 Å². The van der Waals surface area contributed by atoms with E-state index in [0.29, 0.717) is 23.3 Å². The van der Waals surface area contributed by atoms with Crippen LogP contribution in [0.3, 0.4) is 0 Å². The van der Waals surface area contributed by atoms with Gasteiger partial charge in [-0.3, -0.25) is 9.78 Å². The standard InChI is InChI=1S/C18H24N4O/c1-13(2)9-12-22(14-5-3-4-6-14)18(23)16-8-7-15-17(21-16)20-11-10-19-15/h7-8,10-11,13-14H,3-6,9,12H2,1-2H3. The van der Waals surface area contributed by atoms with Crippen molar-refractivity contribution in [2.75, 3.05) is 6.54 Å². The lowest BCUT2D eigenvalue weighted by molar-refractivity contribution is 0.0666. The van der Waals surface area contributed by atoms with Gasteiger partial charge in [0, 0.05) is 25.0 Å². The third-order valence-corrected chi connectivity index (χ3v) is 4.52. The van der Waals surface area contributed by atoms with Crippen molar-refractivity contribution in [3.8, 4) is 0 Å². The average molecular weight is 312 g/mol. The molecular weight excluding hydrogens is 288 g/mol. The van der Waals surface area contributed by atoms with Gasteiger partial charge in [0.25, 0.3) is 5.91 Å². The molecule has 0 atom stereocenters. The molecule has 3 rings (SSSR count). The smallest absolute Gasteiger partial charge is 0.272 e. The van der Waals surface area contributed by atoms with E-state index in [2.05, 4.69) is 28.8 Å². The second kappa shape index (κ2) is 7.02. The van der Waals surface area contributed by atoms with Crippen molar-refractivity contribution in [1.82, 2.24) is 19.9 Å². The van der Waals surface area contributed by atoms with Gasteiger partial charge in [0.2, 0.25) is 0 Å². The molecule has 1 aliphatic rings. The second-order valence-electron chi connectivity index (χ2n) is 6.71. The number of carbonyl (C=O) groups is 1. The Morgan fingerprint density at radius 3 is 2.70 bits per heavy atom. The molecular formula is C18H24N4O. The van der Waals surface area contributed by atoms with Gasteiger partial charge in [0.1, 0.15) is 11.2 Å². The van der Waals surface area contributed by atoms with Crippen LogP contribution in [-0.4, -0.2) is 38.3 Å². The Kier molecular flexibility index (Phi) is 4.84. The van der Waals surface area contributed by atoms with Crippen molar-refractivity contribution in [1.29, 1.82) is 0 Å². The van der Waals surface area contributed by atoms with Crippen LogP contribution in [0.2, 0.25) is 0 Å². The van der Waals surface area contributed by atoms with Gasteiger partial charge in [-0.25, -0.2) is 9.97 Å². The lowest BCUT2D eigenvalue weighted by Gasteiger charge is -2.29. The van der Waals surface area contributed by atoms with E-state index in [-0.39, 0.29) is 5.91 Å². The van der Waals surface area contributed by atoms with Crippen LogP contribution in [0.5, 0.6) is 0 Å². The molecule has 1 saturated carbocycles. The predicted octanol–water partition coefficient (Wildman–Crippen LogP) is 3.46. The summed E-state index contributed by atoms with van der Waals surface area (Å²) in [4.78, 5) is 27.9. The highest BCUT2D eigenvalue weighted by Crippen LogP contribution is 2.25. The third-order valence-electron chi connectivity index (χ3n) is 4.52. The summed E-state index contributed by atoms with van der Waals surface area (Å²) in [5.41, 5.74) is 1.74. The molecule has 2 aromatic heterocycles. The molecule has 23 heavy (non-hydrogen) atoms. The first-order chi connectivity index (χ1) is 11.1. The monoisotopic (exact) mass is 312 g/mol. The van der Waals surface area contributed by atoms with Crippen molar-refractivity contribution in [3.05, 3.63) is 30.2 Å². The summed E-state index contributed by atoms with van der Waals surface area (Å²) < 4.78 is 0. The van der Waals surface area contributed by atoms with Crippen molar-refractivity contribution in [3.63, 3.8) is 0 Å². The predicted molar refractivity (Wildman–Crippen MR) is 90.1 cm³/mol. The maximum Gasteiger partial charge on any atom is 0.272 e. The molecule has 122 valence electrons. The van der Waals surface area contributed by atoms with Crippen molar-refractivity contribution >= 4 is 17.1 Å². The second-order valence-corrected chi connectivity index (χ2v) is 6.71. The van der Waals surface area contributed by atoms with Gasteiger partial charge in [-0.05, 0) is 37.3 Å². The number of pyridine rings is 1. The van der Waals surface area contributed by atoms with Crippen molar-refractivity contribution in [2.45, 2.75) is 52.0 Å². The Morgan fingerprint density at radius 2 is 1.96 bits per heavy atom. The van der Waals surface area contributed by atoms with E-state index < -0.39 is 0 Å². The Labute approximate surface area is 137 Å². The molecule has 1 fully saturated rings. The molecule has 0 unspecified atom stereocenters. The van der Waals surface area contributed by atoms with E-state index in [0.717, 1.165) is 31.3 Å². The lowest BCUT2D eigenvalue weighted by atomic mass is 10.1. The number of rotatable bonds is 5. The molecule has 0 radical (unpaired) electrons. The number of amides is 1. The van der Waals surface area contributed by atoms with Crippen LogP contribution in [0.15, 0.2) is 24.5 Å². The fourth-order valence-electron chi connectivity index (χ4n) is 3.18. The maximum atomic E-state index is 13.0. The van der Waals surface area contributed by atoms with Gasteiger partial charge < -0.3 is 4.90 Å². The summed E-state index contributed by atoms with van der Waals surface area (Å²) in [6.45, 7) is 5.20. The van der Waals surface area contributed by atoms with Crippen LogP contribution < -0.4 is 0 Å². The van der Waals surface area contributed by atoms with E-state index in [4.69, 9.17) is 0 Å². The summed E-state index contributed by atoms with van der Waals surface area (Å²) in [5, 5.41) is 0. The summed E-state index contributed by atoms with van der Waals surface area (Å²) in [7, 11) is 0. The Morgan fingerprint density at radius 1 is 1.22 bits per heavy atom. The van der Waals surface area contributed by atoms with Gasteiger partial charge in [0.05, 0.1) is 0 Å². The summed E-state index contributed by atoms with van der Waals surface area (Å²) >= 11 is 0. The third kappa shape index (κ3) is 3.66.